The lowest BCUT2D eigenvalue weighted by Gasteiger charge is -2.09. The van der Waals surface area contributed by atoms with Gasteiger partial charge in [0.2, 0.25) is 0 Å². The van der Waals surface area contributed by atoms with Crippen LogP contribution < -0.4 is 15.2 Å². The van der Waals surface area contributed by atoms with Crippen LogP contribution in [0, 0.1) is 0 Å². The molecule has 0 saturated carbocycles. The largest absolute Gasteiger partial charge is 0.497 e. The zero-order valence-electron chi connectivity index (χ0n) is 10.0. The van der Waals surface area contributed by atoms with Crippen molar-refractivity contribution in [3.8, 4) is 11.5 Å². The standard InChI is InChI=1S/C14H14ClNO2/c1-17-12-4-2-3-10(7-12)9-18-14-6-5-11(16)8-13(14)15/h2-8H,9,16H2,1H3. The van der Waals surface area contributed by atoms with E-state index in [1.165, 1.54) is 0 Å². The Balaban J connectivity index is 2.06. The van der Waals surface area contributed by atoms with Gasteiger partial charge in [0.1, 0.15) is 18.1 Å². The van der Waals surface area contributed by atoms with E-state index in [9.17, 15) is 0 Å². The van der Waals surface area contributed by atoms with E-state index >= 15 is 0 Å². The number of hydrogen-bond donors (Lipinski definition) is 1. The topological polar surface area (TPSA) is 44.5 Å². The molecule has 0 heterocycles. The minimum absolute atomic E-state index is 0.431. The molecule has 0 saturated heterocycles. The van der Waals surface area contributed by atoms with Crippen molar-refractivity contribution >= 4 is 17.3 Å². The number of hydrogen-bond acceptors (Lipinski definition) is 3. The molecule has 0 aliphatic carbocycles. The lowest BCUT2D eigenvalue weighted by atomic mass is 10.2. The number of rotatable bonds is 4. The highest BCUT2D eigenvalue weighted by molar-refractivity contribution is 6.32. The molecule has 0 spiro atoms. The third-order valence-electron chi connectivity index (χ3n) is 2.48. The second-order valence-corrected chi connectivity index (χ2v) is 4.24. The predicted molar refractivity (Wildman–Crippen MR) is 73.2 cm³/mol. The van der Waals surface area contributed by atoms with Crippen molar-refractivity contribution in [2.75, 3.05) is 12.8 Å². The van der Waals surface area contributed by atoms with E-state index in [1.54, 1.807) is 25.3 Å². The van der Waals surface area contributed by atoms with E-state index in [2.05, 4.69) is 0 Å². The molecule has 18 heavy (non-hydrogen) atoms. The lowest BCUT2D eigenvalue weighted by Crippen LogP contribution is -1.97. The SMILES string of the molecule is COc1cccc(COc2ccc(N)cc2Cl)c1. The Bertz CT molecular complexity index is 543. The van der Waals surface area contributed by atoms with Crippen LogP contribution in [0.2, 0.25) is 5.02 Å². The molecular weight excluding hydrogens is 250 g/mol. The second-order valence-electron chi connectivity index (χ2n) is 3.83. The third-order valence-corrected chi connectivity index (χ3v) is 2.78. The quantitative estimate of drug-likeness (QED) is 0.859. The Morgan fingerprint density at radius 2 is 2.00 bits per heavy atom. The highest BCUT2D eigenvalue weighted by Gasteiger charge is 2.03. The summed E-state index contributed by atoms with van der Waals surface area (Å²) in [6.07, 6.45) is 0. The summed E-state index contributed by atoms with van der Waals surface area (Å²) in [6.45, 7) is 0.431. The van der Waals surface area contributed by atoms with E-state index in [0.29, 0.717) is 23.1 Å². The Labute approximate surface area is 111 Å². The van der Waals surface area contributed by atoms with Gasteiger partial charge in [0.05, 0.1) is 12.1 Å². The normalized spacial score (nSPS) is 10.1. The summed E-state index contributed by atoms with van der Waals surface area (Å²) < 4.78 is 10.8. The summed E-state index contributed by atoms with van der Waals surface area (Å²) >= 11 is 6.02. The van der Waals surface area contributed by atoms with Crippen LogP contribution in [0.1, 0.15) is 5.56 Å². The summed E-state index contributed by atoms with van der Waals surface area (Å²) in [5, 5.41) is 0.512. The van der Waals surface area contributed by atoms with Crippen molar-refractivity contribution in [2.45, 2.75) is 6.61 Å². The van der Waals surface area contributed by atoms with Gasteiger partial charge in [-0.2, -0.15) is 0 Å². The summed E-state index contributed by atoms with van der Waals surface area (Å²) in [6, 6.07) is 12.9. The predicted octanol–water partition coefficient (Wildman–Crippen LogP) is 3.51. The van der Waals surface area contributed by atoms with Gasteiger partial charge < -0.3 is 15.2 Å². The maximum absolute atomic E-state index is 6.02. The van der Waals surface area contributed by atoms with Gasteiger partial charge in [0.15, 0.2) is 0 Å². The molecule has 0 atom stereocenters. The van der Waals surface area contributed by atoms with E-state index in [0.717, 1.165) is 11.3 Å². The first kappa shape index (κ1) is 12.6. The first-order valence-corrected chi connectivity index (χ1v) is 5.87. The van der Waals surface area contributed by atoms with E-state index < -0.39 is 0 Å². The molecular formula is C14H14ClNO2. The summed E-state index contributed by atoms with van der Waals surface area (Å²) in [7, 11) is 1.64. The smallest absolute Gasteiger partial charge is 0.138 e. The third kappa shape index (κ3) is 3.08. The maximum Gasteiger partial charge on any atom is 0.138 e. The van der Waals surface area contributed by atoms with Crippen LogP contribution >= 0.6 is 11.6 Å². The fourth-order valence-corrected chi connectivity index (χ4v) is 1.80. The molecule has 2 aromatic rings. The van der Waals surface area contributed by atoms with Crippen molar-refractivity contribution < 1.29 is 9.47 Å². The van der Waals surface area contributed by atoms with Crippen molar-refractivity contribution in [3.63, 3.8) is 0 Å². The maximum atomic E-state index is 6.02. The van der Waals surface area contributed by atoms with Crippen LogP contribution in [0.25, 0.3) is 0 Å². The minimum Gasteiger partial charge on any atom is -0.497 e. The molecule has 2 aromatic carbocycles. The number of benzene rings is 2. The van der Waals surface area contributed by atoms with Crippen molar-refractivity contribution in [1.29, 1.82) is 0 Å². The van der Waals surface area contributed by atoms with E-state index in [1.807, 2.05) is 24.3 Å². The molecule has 0 aliphatic rings. The summed E-state index contributed by atoms with van der Waals surface area (Å²) in [4.78, 5) is 0. The number of methoxy groups -OCH3 is 1. The number of anilines is 1. The van der Waals surface area contributed by atoms with Gasteiger partial charge in [-0.3, -0.25) is 0 Å². The van der Waals surface area contributed by atoms with Gasteiger partial charge in [-0.15, -0.1) is 0 Å². The van der Waals surface area contributed by atoms with Crippen LogP contribution in [0.3, 0.4) is 0 Å². The fourth-order valence-electron chi connectivity index (χ4n) is 1.56. The first-order chi connectivity index (χ1) is 8.69. The highest BCUT2D eigenvalue weighted by atomic mass is 35.5. The molecule has 0 aliphatic heterocycles. The molecule has 0 aromatic heterocycles. The zero-order chi connectivity index (χ0) is 13.0. The Kier molecular flexibility index (Phi) is 3.95. The average Bonchev–Trinajstić information content (AvgIpc) is 2.38. The molecule has 0 radical (unpaired) electrons. The zero-order valence-corrected chi connectivity index (χ0v) is 10.8. The Hall–Kier alpha value is -1.87. The minimum atomic E-state index is 0.431. The number of ether oxygens (including phenoxy) is 2. The van der Waals surface area contributed by atoms with Crippen molar-refractivity contribution in [2.24, 2.45) is 0 Å². The van der Waals surface area contributed by atoms with Gasteiger partial charge in [-0.25, -0.2) is 0 Å². The van der Waals surface area contributed by atoms with Gasteiger partial charge in [0.25, 0.3) is 0 Å². The molecule has 94 valence electrons. The van der Waals surface area contributed by atoms with Crippen LogP contribution in [0.5, 0.6) is 11.5 Å². The van der Waals surface area contributed by atoms with Crippen LogP contribution in [-0.4, -0.2) is 7.11 Å². The van der Waals surface area contributed by atoms with Crippen LogP contribution in [0.15, 0.2) is 42.5 Å². The number of halogens is 1. The molecule has 3 nitrogen and oxygen atoms in total. The fraction of sp³-hybridized carbons (Fsp3) is 0.143. The van der Waals surface area contributed by atoms with Gasteiger partial charge in [-0.05, 0) is 35.9 Å². The van der Waals surface area contributed by atoms with Crippen molar-refractivity contribution in [1.82, 2.24) is 0 Å². The molecule has 0 fully saturated rings. The Morgan fingerprint density at radius 3 is 2.72 bits per heavy atom. The van der Waals surface area contributed by atoms with Crippen LogP contribution in [-0.2, 0) is 6.61 Å². The van der Waals surface area contributed by atoms with E-state index in [4.69, 9.17) is 26.8 Å². The monoisotopic (exact) mass is 263 g/mol. The molecule has 2 N–H and O–H groups in total. The Morgan fingerprint density at radius 1 is 1.17 bits per heavy atom. The van der Waals surface area contributed by atoms with Crippen molar-refractivity contribution in [3.05, 3.63) is 53.1 Å². The van der Waals surface area contributed by atoms with Gasteiger partial charge >= 0.3 is 0 Å². The number of nitrogen functional groups attached to an aromatic ring is 1. The van der Waals surface area contributed by atoms with E-state index in [-0.39, 0.29) is 0 Å². The average molecular weight is 264 g/mol. The summed E-state index contributed by atoms with van der Waals surface area (Å²) in [5.41, 5.74) is 7.25. The van der Waals surface area contributed by atoms with Gasteiger partial charge in [0, 0.05) is 5.69 Å². The lowest BCUT2D eigenvalue weighted by molar-refractivity contribution is 0.305. The van der Waals surface area contributed by atoms with Crippen LogP contribution in [0.4, 0.5) is 5.69 Å². The summed E-state index contributed by atoms with van der Waals surface area (Å²) in [5.74, 6) is 1.42. The molecule has 0 unspecified atom stereocenters. The first-order valence-electron chi connectivity index (χ1n) is 5.50. The number of nitrogens with two attached hydrogens (primary N) is 1. The highest BCUT2D eigenvalue weighted by Crippen LogP contribution is 2.27. The molecule has 4 heteroatoms. The second kappa shape index (κ2) is 5.65. The molecule has 0 amide bonds. The van der Waals surface area contributed by atoms with Gasteiger partial charge in [-0.1, -0.05) is 23.7 Å². The molecule has 2 rings (SSSR count). The molecule has 0 bridgehead atoms.